The minimum absolute atomic E-state index is 0. The molecule has 1 aromatic rings. The molecule has 0 heterocycles. The largest absolute Gasteiger partial charge is 0.197 e. The fraction of sp³-hybridized carbons (Fsp3) is 0.222. The van der Waals surface area contributed by atoms with E-state index in [4.69, 9.17) is 0 Å². The first kappa shape index (κ1) is 30.5. The van der Waals surface area contributed by atoms with Gasteiger partial charge >= 0.3 is 0 Å². The van der Waals surface area contributed by atoms with Crippen molar-refractivity contribution in [2.24, 2.45) is 0 Å². The zero-order valence-electron chi connectivity index (χ0n) is 13.1. The number of rotatable bonds is 0. The standard InChI is InChI=1S/C6H6.4C3H6.H2S/c1-2-4-6-5-3-1;4*1-3-2;/h1-6H;4*3H,1H2,2H3;1H2. The van der Waals surface area contributed by atoms with Crippen LogP contribution in [0.1, 0.15) is 27.7 Å². The Labute approximate surface area is 128 Å². The second kappa shape index (κ2) is 54.8. The predicted octanol–water partition coefficient (Wildman–Crippen LogP) is 6.57. The van der Waals surface area contributed by atoms with Crippen molar-refractivity contribution in [2.75, 3.05) is 0 Å². The first-order chi connectivity index (χ1) is 8.66. The molecule has 0 N–H and O–H groups in total. The van der Waals surface area contributed by atoms with Crippen LogP contribution in [0.15, 0.2) is 87.0 Å². The van der Waals surface area contributed by atoms with Crippen molar-refractivity contribution in [3.05, 3.63) is 87.0 Å². The van der Waals surface area contributed by atoms with E-state index in [-0.39, 0.29) is 13.5 Å². The molecule has 0 fully saturated rings. The van der Waals surface area contributed by atoms with E-state index in [1.165, 1.54) is 0 Å². The quantitative estimate of drug-likeness (QED) is 0.471. The summed E-state index contributed by atoms with van der Waals surface area (Å²) in [6.45, 7) is 21.0. The maximum absolute atomic E-state index is 3.36. The molecule has 0 amide bonds. The summed E-state index contributed by atoms with van der Waals surface area (Å²) in [5, 5.41) is 0. The lowest BCUT2D eigenvalue weighted by Gasteiger charge is -1.69. The maximum Gasteiger partial charge on any atom is -0.0473 e. The van der Waals surface area contributed by atoms with E-state index in [1.807, 2.05) is 64.1 Å². The Morgan fingerprint density at radius 3 is 0.579 bits per heavy atom. The van der Waals surface area contributed by atoms with Gasteiger partial charge in [0.05, 0.1) is 0 Å². The summed E-state index contributed by atoms with van der Waals surface area (Å²) < 4.78 is 0. The van der Waals surface area contributed by atoms with Crippen LogP contribution in [-0.2, 0) is 0 Å². The van der Waals surface area contributed by atoms with E-state index in [9.17, 15) is 0 Å². The molecule has 0 spiro atoms. The van der Waals surface area contributed by atoms with E-state index < -0.39 is 0 Å². The Bertz CT molecular complexity index is 186. The molecule has 19 heavy (non-hydrogen) atoms. The van der Waals surface area contributed by atoms with Crippen molar-refractivity contribution in [3.63, 3.8) is 0 Å². The summed E-state index contributed by atoms with van der Waals surface area (Å²) in [7, 11) is 0. The zero-order chi connectivity index (χ0) is 15.1. The molecule has 0 aromatic heterocycles. The summed E-state index contributed by atoms with van der Waals surface area (Å²) in [4.78, 5) is 0. The number of allylic oxidation sites excluding steroid dienone is 4. The van der Waals surface area contributed by atoms with Crippen molar-refractivity contribution in [1.29, 1.82) is 0 Å². The van der Waals surface area contributed by atoms with E-state index >= 15 is 0 Å². The lowest BCUT2D eigenvalue weighted by Crippen LogP contribution is -1.47. The normalized spacial score (nSPS) is 5.26. The third kappa shape index (κ3) is 170. The van der Waals surface area contributed by atoms with Gasteiger partial charge in [-0.2, -0.15) is 13.5 Å². The van der Waals surface area contributed by atoms with Crippen molar-refractivity contribution >= 4 is 13.5 Å². The molecule has 1 heteroatoms. The molecule has 110 valence electrons. The van der Waals surface area contributed by atoms with Crippen LogP contribution >= 0.6 is 13.5 Å². The highest BCUT2D eigenvalue weighted by atomic mass is 32.1. The average Bonchev–Trinajstić information content (AvgIpc) is 2.35. The molecule has 0 saturated heterocycles. The average molecular weight is 281 g/mol. The van der Waals surface area contributed by atoms with Crippen molar-refractivity contribution < 1.29 is 0 Å². The minimum Gasteiger partial charge on any atom is -0.197 e. The molecule has 1 aromatic carbocycles. The second-order valence-electron chi connectivity index (χ2n) is 2.79. The molecule has 1 rings (SSSR count). The van der Waals surface area contributed by atoms with Crippen LogP contribution in [0.5, 0.6) is 0 Å². The van der Waals surface area contributed by atoms with Crippen LogP contribution in [-0.4, -0.2) is 0 Å². The smallest absolute Gasteiger partial charge is 0.0473 e. The van der Waals surface area contributed by atoms with E-state index in [2.05, 4.69) is 26.3 Å². The molecule has 0 nitrogen and oxygen atoms in total. The van der Waals surface area contributed by atoms with Gasteiger partial charge in [-0.05, 0) is 27.7 Å². The molecule has 0 saturated carbocycles. The van der Waals surface area contributed by atoms with Gasteiger partial charge in [-0.1, -0.05) is 60.7 Å². The highest BCUT2D eigenvalue weighted by molar-refractivity contribution is 7.59. The molecule has 0 unspecified atom stereocenters. The summed E-state index contributed by atoms with van der Waals surface area (Å²) in [5.41, 5.74) is 0. The van der Waals surface area contributed by atoms with Crippen LogP contribution in [0.2, 0.25) is 0 Å². The Hall–Kier alpha value is -1.47. The van der Waals surface area contributed by atoms with Crippen LogP contribution in [0, 0.1) is 0 Å². The van der Waals surface area contributed by atoms with Gasteiger partial charge in [-0.15, -0.1) is 26.3 Å². The molecular formula is C18H32S. The van der Waals surface area contributed by atoms with Crippen LogP contribution < -0.4 is 0 Å². The van der Waals surface area contributed by atoms with Gasteiger partial charge in [0.15, 0.2) is 0 Å². The van der Waals surface area contributed by atoms with E-state index in [0.717, 1.165) is 0 Å². The number of benzene rings is 1. The van der Waals surface area contributed by atoms with Gasteiger partial charge in [-0.25, -0.2) is 0 Å². The molecule has 0 radical (unpaired) electrons. The lowest BCUT2D eigenvalue weighted by atomic mass is 10.4. The first-order valence-electron chi connectivity index (χ1n) is 5.94. The molecule has 0 aliphatic heterocycles. The summed E-state index contributed by atoms with van der Waals surface area (Å²) in [6, 6.07) is 12.0. The van der Waals surface area contributed by atoms with Crippen LogP contribution in [0.3, 0.4) is 0 Å². The highest BCUT2D eigenvalue weighted by Gasteiger charge is 1.57. The predicted molar refractivity (Wildman–Crippen MR) is 100 cm³/mol. The Balaban J connectivity index is -0.0000000449. The van der Waals surface area contributed by atoms with Gasteiger partial charge in [0.25, 0.3) is 0 Å². The summed E-state index contributed by atoms with van der Waals surface area (Å²) >= 11 is 0. The van der Waals surface area contributed by atoms with E-state index in [1.54, 1.807) is 24.3 Å². The summed E-state index contributed by atoms with van der Waals surface area (Å²) in [5.74, 6) is 0. The van der Waals surface area contributed by atoms with Gasteiger partial charge < -0.3 is 0 Å². The fourth-order valence-corrected chi connectivity index (χ4v) is 0.385. The van der Waals surface area contributed by atoms with Gasteiger partial charge in [-0.3, -0.25) is 0 Å². The van der Waals surface area contributed by atoms with Crippen LogP contribution in [0.25, 0.3) is 0 Å². The van der Waals surface area contributed by atoms with Gasteiger partial charge in [0, 0.05) is 0 Å². The molecular weight excluding hydrogens is 248 g/mol. The Morgan fingerprint density at radius 2 is 0.526 bits per heavy atom. The number of hydrogen-bond donors (Lipinski definition) is 0. The maximum atomic E-state index is 3.36. The molecule has 0 aliphatic carbocycles. The van der Waals surface area contributed by atoms with E-state index in [0.29, 0.717) is 0 Å². The highest BCUT2D eigenvalue weighted by Crippen LogP contribution is 1.79. The Kier molecular flexibility index (Phi) is 88.0. The zero-order valence-corrected chi connectivity index (χ0v) is 14.1. The first-order valence-corrected chi connectivity index (χ1v) is 5.94. The molecule has 0 bridgehead atoms. The molecule has 0 atom stereocenters. The monoisotopic (exact) mass is 280 g/mol. The molecule has 0 aliphatic rings. The fourth-order valence-electron chi connectivity index (χ4n) is 0.385. The minimum atomic E-state index is 0. The van der Waals surface area contributed by atoms with Crippen molar-refractivity contribution in [3.8, 4) is 0 Å². The van der Waals surface area contributed by atoms with Crippen molar-refractivity contribution in [1.82, 2.24) is 0 Å². The summed E-state index contributed by atoms with van der Waals surface area (Å²) in [6.07, 6.45) is 7.00. The topological polar surface area (TPSA) is 0 Å². The lowest BCUT2D eigenvalue weighted by molar-refractivity contribution is 1.72. The second-order valence-corrected chi connectivity index (χ2v) is 2.79. The SMILES string of the molecule is C=CC.C=CC.C=CC.C=CC.S.c1ccccc1. The van der Waals surface area contributed by atoms with Gasteiger partial charge in [0.1, 0.15) is 0 Å². The Morgan fingerprint density at radius 1 is 0.474 bits per heavy atom. The third-order valence-corrected chi connectivity index (χ3v) is 0.667. The van der Waals surface area contributed by atoms with Crippen LogP contribution in [0.4, 0.5) is 0 Å². The number of hydrogen-bond acceptors (Lipinski definition) is 0. The van der Waals surface area contributed by atoms with Gasteiger partial charge in [0.2, 0.25) is 0 Å². The van der Waals surface area contributed by atoms with Crippen molar-refractivity contribution in [2.45, 2.75) is 27.7 Å². The third-order valence-electron chi connectivity index (χ3n) is 0.667.